The monoisotopic (exact) mass is 380 g/mol. The molecule has 6 heteroatoms. The Labute approximate surface area is 159 Å². The second-order valence-corrected chi connectivity index (χ2v) is 8.51. The van der Waals surface area contributed by atoms with E-state index in [1.165, 1.54) is 4.31 Å². The van der Waals surface area contributed by atoms with Crippen LogP contribution in [0.4, 0.5) is 0 Å². The quantitative estimate of drug-likeness (QED) is 0.756. The summed E-state index contributed by atoms with van der Waals surface area (Å²) < 4.78 is 28.1. The summed E-state index contributed by atoms with van der Waals surface area (Å²) >= 11 is 0. The van der Waals surface area contributed by atoms with Crippen LogP contribution in [0.5, 0.6) is 0 Å². The third-order valence-electron chi connectivity index (χ3n) is 4.91. The van der Waals surface area contributed by atoms with Crippen LogP contribution in [0.15, 0.2) is 84.0 Å². The van der Waals surface area contributed by atoms with Gasteiger partial charge in [0.2, 0.25) is 10.0 Å². The first-order chi connectivity index (χ1) is 13.1. The highest BCUT2D eigenvalue weighted by Gasteiger charge is 2.43. The first-order valence-electron chi connectivity index (χ1n) is 8.79. The first-order valence-corrected chi connectivity index (χ1v) is 10.2. The lowest BCUT2D eigenvalue weighted by Gasteiger charge is -2.39. The van der Waals surface area contributed by atoms with Gasteiger partial charge in [-0.2, -0.15) is 4.31 Å². The molecule has 0 aliphatic carbocycles. The number of pyridine rings is 1. The Balaban J connectivity index is 1.80. The Kier molecular flexibility index (Phi) is 4.78. The van der Waals surface area contributed by atoms with Crippen LogP contribution >= 0.6 is 0 Å². The van der Waals surface area contributed by atoms with Gasteiger partial charge in [-0.1, -0.05) is 54.6 Å². The molecule has 1 N–H and O–H groups in total. The van der Waals surface area contributed by atoms with Crippen molar-refractivity contribution in [2.45, 2.75) is 30.0 Å². The number of aliphatic hydroxyl groups excluding tert-OH is 1. The second kappa shape index (κ2) is 7.23. The highest BCUT2D eigenvalue weighted by molar-refractivity contribution is 7.89. The molecular formula is C21H20N2O3S. The molecule has 27 heavy (non-hydrogen) atoms. The van der Waals surface area contributed by atoms with Gasteiger partial charge >= 0.3 is 0 Å². The minimum atomic E-state index is -3.74. The minimum Gasteiger partial charge on any atom is -0.387 e. The summed E-state index contributed by atoms with van der Waals surface area (Å²) in [5.74, 6) is 0. The summed E-state index contributed by atoms with van der Waals surface area (Å²) in [7, 11) is -3.74. The molecule has 0 bridgehead atoms. The fourth-order valence-electron chi connectivity index (χ4n) is 3.57. The minimum absolute atomic E-state index is 0.166. The maximum absolute atomic E-state index is 13.3. The van der Waals surface area contributed by atoms with Crippen molar-refractivity contribution < 1.29 is 13.5 Å². The Hall–Kier alpha value is -2.54. The summed E-state index contributed by atoms with van der Waals surface area (Å²) in [4.78, 5) is 4.26. The van der Waals surface area contributed by atoms with Gasteiger partial charge in [-0.15, -0.1) is 0 Å². The average molecular weight is 380 g/mol. The number of nitrogens with zero attached hydrogens (tertiary/aromatic N) is 2. The lowest BCUT2D eigenvalue weighted by atomic mass is 9.95. The predicted molar refractivity (Wildman–Crippen MR) is 102 cm³/mol. The number of fused-ring (bicyclic) bond motifs is 1. The zero-order chi connectivity index (χ0) is 18.9. The highest BCUT2D eigenvalue weighted by atomic mass is 32.2. The summed E-state index contributed by atoms with van der Waals surface area (Å²) in [6.07, 6.45) is 2.83. The fourth-order valence-corrected chi connectivity index (χ4v) is 5.43. The first kappa shape index (κ1) is 17.9. The lowest BCUT2D eigenvalue weighted by molar-refractivity contribution is 0.0769. The maximum Gasteiger partial charge on any atom is 0.244 e. The van der Waals surface area contributed by atoms with Crippen molar-refractivity contribution in [2.75, 3.05) is 0 Å². The van der Waals surface area contributed by atoms with Crippen molar-refractivity contribution in [1.82, 2.24) is 9.29 Å². The molecule has 0 spiro atoms. The molecule has 1 aliphatic rings. The molecule has 4 rings (SSSR count). The van der Waals surface area contributed by atoms with Gasteiger partial charge < -0.3 is 5.11 Å². The number of hydrogen-bond acceptors (Lipinski definition) is 4. The number of sulfonamides is 1. The van der Waals surface area contributed by atoms with Crippen molar-refractivity contribution in [3.05, 3.63) is 95.8 Å². The molecule has 1 aliphatic heterocycles. The molecule has 3 aromatic rings. The number of hydrogen-bond donors (Lipinski definition) is 1. The molecule has 5 nitrogen and oxygen atoms in total. The van der Waals surface area contributed by atoms with Gasteiger partial charge in [0.1, 0.15) is 0 Å². The molecule has 138 valence electrons. The van der Waals surface area contributed by atoms with E-state index in [0.29, 0.717) is 12.0 Å². The van der Waals surface area contributed by atoms with Crippen LogP contribution in [0.1, 0.15) is 22.8 Å². The zero-order valence-electron chi connectivity index (χ0n) is 14.6. The van der Waals surface area contributed by atoms with Crippen LogP contribution in [0.2, 0.25) is 0 Å². The number of aliphatic hydroxyl groups is 1. The molecule has 0 saturated carbocycles. The van der Waals surface area contributed by atoms with Crippen molar-refractivity contribution in [3.8, 4) is 0 Å². The Bertz CT molecular complexity index is 1020. The molecule has 0 radical (unpaired) electrons. The van der Waals surface area contributed by atoms with E-state index in [9.17, 15) is 13.5 Å². The van der Waals surface area contributed by atoms with Crippen molar-refractivity contribution in [1.29, 1.82) is 0 Å². The van der Waals surface area contributed by atoms with Crippen LogP contribution in [0.25, 0.3) is 0 Å². The van der Waals surface area contributed by atoms with E-state index in [-0.39, 0.29) is 11.4 Å². The number of benzene rings is 2. The molecular weight excluding hydrogens is 360 g/mol. The van der Waals surface area contributed by atoms with E-state index < -0.39 is 22.2 Å². The summed E-state index contributed by atoms with van der Waals surface area (Å²) in [6, 6.07) is 19.4. The van der Waals surface area contributed by atoms with Crippen LogP contribution in [0.3, 0.4) is 0 Å². The lowest BCUT2D eigenvalue weighted by Crippen LogP contribution is -2.48. The molecule has 0 fully saturated rings. The second-order valence-electron chi connectivity index (χ2n) is 6.65. The van der Waals surface area contributed by atoms with Gasteiger partial charge in [-0.25, -0.2) is 8.42 Å². The molecule has 1 aromatic heterocycles. The van der Waals surface area contributed by atoms with E-state index in [1.807, 2.05) is 36.4 Å². The van der Waals surface area contributed by atoms with E-state index in [4.69, 9.17) is 0 Å². The van der Waals surface area contributed by atoms with Crippen molar-refractivity contribution >= 4 is 10.0 Å². The van der Waals surface area contributed by atoms with E-state index in [2.05, 4.69) is 4.98 Å². The summed E-state index contributed by atoms with van der Waals surface area (Å²) in [5.41, 5.74) is 2.22. The van der Waals surface area contributed by atoms with Gasteiger partial charge in [0.15, 0.2) is 0 Å². The van der Waals surface area contributed by atoms with Crippen LogP contribution < -0.4 is 0 Å². The third-order valence-corrected chi connectivity index (χ3v) is 6.85. The topological polar surface area (TPSA) is 70.5 Å². The van der Waals surface area contributed by atoms with Gasteiger partial charge in [0, 0.05) is 24.5 Å². The number of rotatable bonds is 4. The van der Waals surface area contributed by atoms with Gasteiger partial charge in [-0.3, -0.25) is 4.98 Å². The Morgan fingerprint density at radius 2 is 1.63 bits per heavy atom. The van der Waals surface area contributed by atoms with E-state index in [1.54, 1.807) is 42.7 Å². The van der Waals surface area contributed by atoms with Crippen LogP contribution in [0, 0.1) is 0 Å². The molecule has 0 saturated heterocycles. The molecule has 2 atom stereocenters. The molecule has 2 heterocycles. The van der Waals surface area contributed by atoms with Crippen LogP contribution in [-0.4, -0.2) is 28.9 Å². The van der Waals surface area contributed by atoms with Gasteiger partial charge in [-0.05, 0) is 29.7 Å². The summed E-state index contributed by atoms with van der Waals surface area (Å²) in [5, 5.41) is 11.0. The SMILES string of the molecule is O=S1(=O)c2ccccc2[C@H](O)[C@@H](Cc2ccccc2)N1Cc1cccnc1. The van der Waals surface area contributed by atoms with E-state index >= 15 is 0 Å². The third kappa shape index (κ3) is 3.39. The largest absolute Gasteiger partial charge is 0.387 e. The van der Waals surface area contributed by atoms with Gasteiger partial charge in [0.25, 0.3) is 0 Å². The Morgan fingerprint density at radius 3 is 2.37 bits per heavy atom. The molecule has 0 unspecified atom stereocenters. The fraction of sp³-hybridized carbons (Fsp3) is 0.190. The highest BCUT2D eigenvalue weighted by Crippen LogP contribution is 2.38. The summed E-state index contributed by atoms with van der Waals surface area (Å²) in [6.45, 7) is 0.166. The molecule has 0 amide bonds. The number of aromatic nitrogens is 1. The maximum atomic E-state index is 13.3. The Morgan fingerprint density at radius 1 is 0.926 bits per heavy atom. The molecule has 2 aromatic carbocycles. The predicted octanol–water partition coefficient (Wildman–Crippen LogP) is 2.93. The van der Waals surface area contributed by atoms with Crippen molar-refractivity contribution in [2.24, 2.45) is 0 Å². The van der Waals surface area contributed by atoms with E-state index in [0.717, 1.165) is 11.1 Å². The smallest absolute Gasteiger partial charge is 0.244 e. The standard InChI is InChI=1S/C21H20N2O3S/c24-21-18-10-4-5-11-20(18)27(25,26)23(15-17-9-6-12-22-14-17)19(21)13-16-7-2-1-3-8-16/h1-12,14,19,21,24H,13,15H2/t19-,21+/m1/s1. The van der Waals surface area contributed by atoms with Gasteiger partial charge in [0.05, 0.1) is 17.0 Å². The average Bonchev–Trinajstić information content (AvgIpc) is 2.71. The normalized spacial score (nSPS) is 21.5. The zero-order valence-corrected chi connectivity index (χ0v) is 15.5. The van der Waals surface area contributed by atoms with Crippen molar-refractivity contribution in [3.63, 3.8) is 0 Å². The van der Waals surface area contributed by atoms with Crippen LogP contribution in [-0.2, 0) is 23.0 Å².